The summed E-state index contributed by atoms with van der Waals surface area (Å²) in [7, 11) is -2.82. The molecule has 0 unspecified atom stereocenters. The zero-order valence-corrected chi connectivity index (χ0v) is 12.5. The van der Waals surface area contributed by atoms with E-state index in [0.29, 0.717) is 5.75 Å². The van der Waals surface area contributed by atoms with E-state index < -0.39 is 9.84 Å². The molecular weight excluding hydrogens is 250 g/mol. The van der Waals surface area contributed by atoms with Crippen molar-refractivity contribution in [1.82, 2.24) is 5.32 Å². The molecule has 4 nitrogen and oxygen atoms in total. The highest BCUT2D eigenvalue weighted by Crippen LogP contribution is 2.34. The molecular formula is C13H27NO3S. The quantitative estimate of drug-likeness (QED) is 0.732. The minimum Gasteiger partial charge on any atom is -0.381 e. The van der Waals surface area contributed by atoms with Gasteiger partial charge in [-0.15, -0.1) is 0 Å². The first kappa shape index (κ1) is 15.9. The second kappa shape index (κ2) is 7.46. The molecule has 1 aliphatic heterocycles. The zero-order chi connectivity index (χ0) is 13.5. The SMILES string of the molecule is CCNCC1(CCCS(=O)(=O)CC)CCOCC1. The van der Waals surface area contributed by atoms with Gasteiger partial charge in [0.25, 0.3) is 0 Å². The predicted molar refractivity (Wildman–Crippen MR) is 74.6 cm³/mol. The molecule has 0 aromatic heterocycles. The largest absolute Gasteiger partial charge is 0.381 e. The lowest BCUT2D eigenvalue weighted by atomic mass is 9.76. The first-order chi connectivity index (χ1) is 8.54. The van der Waals surface area contributed by atoms with Crippen LogP contribution in [0.5, 0.6) is 0 Å². The van der Waals surface area contributed by atoms with Gasteiger partial charge in [-0.05, 0) is 37.6 Å². The van der Waals surface area contributed by atoms with Crippen molar-refractivity contribution in [3.63, 3.8) is 0 Å². The summed E-state index contributed by atoms with van der Waals surface area (Å²) in [5.74, 6) is 0.592. The van der Waals surface area contributed by atoms with Gasteiger partial charge in [-0.3, -0.25) is 0 Å². The number of hydrogen-bond donors (Lipinski definition) is 1. The second-order valence-corrected chi connectivity index (χ2v) is 7.71. The van der Waals surface area contributed by atoms with Crippen molar-refractivity contribution in [3.05, 3.63) is 0 Å². The molecule has 0 aromatic carbocycles. The van der Waals surface area contributed by atoms with Gasteiger partial charge in [-0.1, -0.05) is 13.8 Å². The van der Waals surface area contributed by atoms with Crippen molar-refractivity contribution in [2.75, 3.05) is 37.8 Å². The van der Waals surface area contributed by atoms with Crippen LogP contribution >= 0.6 is 0 Å². The minimum absolute atomic E-state index is 0.248. The molecule has 0 radical (unpaired) electrons. The zero-order valence-electron chi connectivity index (χ0n) is 11.7. The highest BCUT2D eigenvalue weighted by atomic mass is 32.2. The van der Waals surface area contributed by atoms with Crippen molar-refractivity contribution >= 4 is 9.84 Å². The molecule has 0 bridgehead atoms. The van der Waals surface area contributed by atoms with Crippen LogP contribution < -0.4 is 5.32 Å². The third kappa shape index (κ3) is 5.24. The normalized spacial score (nSPS) is 19.9. The number of sulfone groups is 1. The van der Waals surface area contributed by atoms with E-state index in [1.54, 1.807) is 6.92 Å². The molecule has 1 N–H and O–H groups in total. The van der Waals surface area contributed by atoms with Crippen molar-refractivity contribution in [3.8, 4) is 0 Å². The van der Waals surface area contributed by atoms with Crippen LogP contribution in [0.15, 0.2) is 0 Å². The van der Waals surface area contributed by atoms with Crippen molar-refractivity contribution in [1.29, 1.82) is 0 Å². The monoisotopic (exact) mass is 277 g/mol. The lowest BCUT2D eigenvalue weighted by Crippen LogP contribution is -2.39. The van der Waals surface area contributed by atoms with Crippen LogP contribution in [0, 0.1) is 5.41 Å². The maximum Gasteiger partial charge on any atom is 0.150 e. The van der Waals surface area contributed by atoms with Crippen LogP contribution in [-0.2, 0) is 14.6 Å². The van der Waals surface area contributed by atoms with Crippen LogP contribution in [0.25, 0.3) is 0 Å². The first-order valence-corrected chi connectivity index (χ1v) is 8.84. The van der Waals surface area contributed by atoms with Crippen molar-refractivity contribution < 1.29 is 13.2 Å². The Bertz CT molecular complexity index is 321. The van der Waals surface area contributed by atoms with E-state index in [9.17, 15) is 8.42 Å². The molecule has 1 fully saturated rings. The first-order valence-electron chi connectivity index (χ1n) is 7.02. The van der Waals surface area contributed by atoms with Gasteiger partial charge < -0.3 is 10.1 Å². The molecule has 1 saturated heterocycles. The Kier molecular flexibility index (Phi) is 6.60. The van der Waals surface area contributed by atoms with E-state index in [0.717, 1.165) is 52.0 Å². The third-order valence-corrected chi connectivity index (χ3v) is 5.70. The van der Waals surface area contributed by atoms with Gasteiger partial charge in [0.15, 0.2) is 0 Å². The van der Waals surface area contributed by atoms with Gasteiger partial charge in [0.1, 0.15) is 9.84 Å². The van der Waals surface area contributed by atoms with E-state index in [1.165, 1.54) is 0 Å². The fourth-order valence-corrected chi connectivity index (χ4v) is 3.39. The van der Waals surface area contributed by atoms with Gasteiger partial charge in [0.2, 0.25) is 0 Å². The van der Waals surface area contributed by atoms with E-state index in [2.05, 4.69) is 12.2 Å². The summed E-state index contributed by atoms with van der Waals surface area (Å²) < 4.78 is 28.5. The van der Waals surface area contributed by atoms with Crippen molar-refractivity contribution in [2.24, 2.45) is 5.41 Å². The number of ether oxygens (including phenoxy) is 1. The van der Waals surface area contributed by atoms with Crippen LogP contribution in [-0.4, -0.2) is 46.2 Å². The third-order valence-electron chi connectivity index (χ3n) is 3.91. The molecule has 0 saturated carbocycles. The van der Waals surface area contributed by atoms with E-state index in [-0.39, 0.29) is 11.2 Å². The number of hydrogen-bond acceptors (Lipinski definition) is 4. The molecule has 0 aliphatic carbocycles. The summed E-state index contributed by atoms with van der Waals surface area (Å²) in [6, 6.07) is 0. The maximum absolute atomic E-state index is 11.5. The van der Waals surface area contributed by atoms with E-state index in [4.69, 9.17) is 4.74 Å². The Balaban J connectivity index is 2.46. The molecule has 0 atom stereocenters. The molecule has 0 aromatic rings. The molecule has 5 heteroatoms. The molecule has 0 spiro atoms. The molecule has 1 heterocycles. The van der Waals surface area contributed by atoms with Crippen LogP contribution in [0.4, 0.5) is 0 Å². The molecule has 108 valence electrons. The van der Waals surface area contributed by atoms with Gasteiger partial charge in [0.05, 0.1) is 5.75 Å². The van der Waals surface area contributed by atoms with Gasteiger partial charge in [-0.2, -0.15) is 0 Å². The lowest BCUT2D eigenvalue weighted by Gasteiger charge is -2.37. The smallest absolute Gasteiger partial charge is 0.150 e. The average Bonchev–Trinajstić information content (AvgIpc) is 2.37. The van der Waals surface area contributed by atoms with Crippen LogP contribution in [0.2, 0.25) is 0 Å². The second-order valence-electron chi connectivity index (χ2n) is 5.23. The van der Waals surface area contributed by atoms with Crippen LogP contribution in [0.3, 0.4) is 0 Å². The summed E-state index contributed by atoms with van der Waals surface area (Å²) in [6.45, 7) is 7.40. The minimum atomic E-state index is -2.82. The number of nitrogens with one attached hydrogen (secondary N) is 1. The Hall–Kier alpha value is -0.130. The Morgan fingerprint density at radius 1 is 1.22 bits per heavy atom. The van der Waals surface area contributed by atoms with E-state index in [1.807, 2.05) is 0 Å². The Morgan fingerprint density at radius 3 is 2.44 bits per heavy atom. The average molecular weight is 277 g/mol. The summed E-state index contributed by atoms with van der Waals surface area (Å²) in [6.07, 6.45) is 3.86. The molecule has 0 amide bonds. The summed E-state index contributed by atoms with van der Waals surface area (Å²) in [4.78, 5) is 0. The Labute approximate surface area is 111 Å². The van der Waals surface area contributed by atoms with E-state index >= 15 is 0 Å². The fourth-order valence-electron chi connectivity index (χ4n) is 2.52. The van der Waals surface area contributed by atoms with Gasteiger partial charge >= 0.3 is 0 Å². The topological polar surface area (TPSA) is 55.4 Å². The van der Waals surface area contributed by atoms with Gasteiger partial charge in [-0.25, -0.2) is 8.42 Å². The lowest BCUT2D eigenvalue weighted by molar-refractivity contribution is 0.0104. The molecule has 18 heavy (non-hydrogen) atoms. The standard InChI is InChI=1S/C13H27NO3S/c1-3-14-12-13(7-9-17-10-8-13)6-5-11-18(15,16)4-2/h14H,3-12H2,1-2H3. The maximum atomic E-state index is 11.5. The highest BCUT2D eigenvalue weighted by Gasteiger charge is 2.31. The summed E-state index contributed by atoms with van der Waals surface area (Å²) in [5.41, 5.74) is 0.248. The van der Waals surface area contributed by atoms with Crippen LogP contribution in [0.1, 0.15) is 39.5 Å². The molecule has 1 aliphatic rings. The number of rotatable bonds is 8. The summed E-state index contributed by atoms with van der Waals surface area (Å²) in [5, 5.41) is 3.42. The predicted octanol–water partition coefficient (Wildman–Crippen LogP) is 1.61. The highest BCUT2D eigenvalue weighted by molar-refractivity contribution is 7.91. The fraction of sp³-hybridized carbons (Fsp3) is 1.00. The Morgan fingerprint density at radius 2 is 1.89 bits per heavy atom. The summed E-state index contributed by atoms with van der Waals surface area (Å²) >= 11 is 0. The van der Waals surface area contributed by atoms with Crippen molar-refractivity contribution in [2.45, 2.75) is 39.5 Å². The molecule has 1 rings (SSSR count). The van der Waals surface area contributed by atoms with Gasteiger partial charge in [0, 0.05) is 25.5 Å².